The Morgan fingerprint density at radius 3 is 2.88 bits per heavy atom. The van der Waals surface area contributed by atoms with Gasteiger partial charge in [0.1, 0.15) is 11.7 Å². The van der Waals surface area contributed by atoms with E-state index in [2.05, 4.69) is 15.9 Å². The third-order valence-electron chi connectivity index (χ3n) is 2.68. The van der Waals surface area contributed by atoms with E-state index in [9.17, 15) is 9.59 Å². The topological polar surface area (TPSA) is 46.6 Å². The van der Waals surface area contributed by atoms with Gasteiger partial charge in [-0.3, -0.25) is 9.59 Å². The fraction of sp³-hybridized carbons (Fsp3) is 0.600. The second kappa shape index (κ2) is 5.64. The third kappa shape index (κ3) is 2.74. The third-order valence-corrected chi connectivity index (χ3v) is 3.40. The fourth-order valence-electron chi connectivity index (χ4n) is 1.71. The van der Waals surface area contributed by atoms with Crippen molar-refractivity contribution in [1.82, 2.24) is 4.81 Å². The van der Waals surface area contributed by atoms with E-state index in [1.54, 1.807) is 11.9 Å². The van der Waals surface area contributed by atoms with Crippen LogP contribution in [0.25, 0.3) is 0 Å². The molecule has 1 saturated heterocycles. The molecule has 1 atom stereocenters. The van der Waals surface area contributed by atoms with Crippen LogP contribution in [-0.2, 0) is 14.2 Å². The number of hydrogen-bond donors (Lipinski definition) is 0. The first-order valence-corrected chi connectivity index (χ1v) is 6.13. The largest absolute Gasteiger partial charge is 0.515 e. The molecule has 0 aromatic heterocycles. The van der Waals surface area contributed by atoms with Crippen LogP contribution in [0, 0.1) is 5.92 Å². The molecule has 0 aromatic rings. The maximum Gasteiger partial charge on any atom is 0.483 e. The summed E-state index contributed by atoms with van der Waals surface area (Å²) in [6, 6.07) is 0. The van der Waals surface area contributed by atoms with Gasteiger partial charge in [-0.1, -0.05) is 22.9 Å². The minimum absolute atomic E-state index is 0.0595. The molecular weight excluding hydrogens is 273 g/mol. The Morgan fingerprint density at radius 1 is 1.75 bits per heavy atom. The first-order chi connectivity index (χ1) is 7.51. The molecule has 0 aromatic carbocycles. The van der Waals surface area contributed by atoms with Gasteiger partial charge in [0.25, 0.3) is 0 Å². The Morgan fingerprint density at radius 2 is 2.38 bits per heavy atom. The highest BCUT2D eigenvalue weighted by molar-refractivity contribution is 9.11. The number of ketones is 1. The molecule has 16 heavy (non-hydrogen) atoms. The molecule has 1 heterocycles. The van der Waals surface area contributed by atoms with Gasteiger partial charge in [0.05, 0.1) is 0 Å². The maximum absolute atomic E-state index is 11.7. The Labute approximate surface area is 104 Å². The van der Waals surface area contributed by atoms with E-state index in [-0.39, 0.29) is 12.8 Å². The lowest BCUT2D eigenvalue weighted by molar-refractivity contribution is -0.147. The Bertz CT molecular complexity index is 332. The van der Waals surface area contributed by atoms with Crippen LogP contribution in [0.3, 0.4) is 0 Å². The van der Waals surface area contributed by atoms with Crippen molar-refractivity contribution in [1.29, 1.82) is 0 Å². The predicted octanol–water partition coefficient (Wildman–Crippen LogP) is 1.40. The number of allylic oxidation sites excluding steroid dienone is 1. The summed E-state index contributed by atoms with van der Waals surface area (Å²) in [5, 5.41) is 0. The summed E-state index contributed by atoms with van der Waals surface area (Å²) in [5.74, 6) is -1.10. The molecule has 1 fully saturated rings. The van der Waals surface area contributed by atoms with Crippen molar-refractivity contribution in [3.63, 3.8) is 0 Å². The minimum atomic E-state index is -0.630. The lowest BCUT2D eigenvalue weighted by Gasteiger charge is -2.33. The van der Waals surface area contributed by atoms with E-state index in [1.165, 1.54) is 0 Å². The molecule has 6 heteroatoms. The Balaban J connectivity index is 2.78. The van der Waals surface area contributed by atoms with Gasteiger partial charge < -0.3 is 9.47 Å². The summed E-state index contributed by atoms with van der Waals surface area (Å²) < 4.78 is 5.25. The molecule has 0 radical (unpaired) electrons. The zero-order valence-corrected chi connectivity index (χ0v) is 11.3. The summed E-state index contributed by atoms with van der Waals surface area (Å²) in [6.07, 6.45) is 0.367. The molecule has 0 spiro atoms. The average Bonchev–Trinajstić information content (AvgIpc) is 2.29. The highest BCUT2D eigenvalue weighted by Crippen LogP contribution is 2.19. The van der Waals surface area contributed by atoms with Crippen LogP contribution in [0.4, 0.5) is 0 Å². The van der Waals surface area contributed by atoms with Crippen LogP contribution >= 0.6 is 15.9 Å². The zero-order chi connectivity index (χ0) is 12.3. The summed E-state index contributed by atoms with van der Waals surface area (Å²) in [7, 11) is 1.47. The summed E-state index contributed by atoms with van der Waals surface area (Å²) >= 11 is 3.21. The van der Waals surface area contributed by atoms with Crippen molar-refractivity contribution < 1.29 is 14.2 Å². The van der Waals surface area contributed by atoms with E-state index in [0.29, 0.717) is 13.0 Å². The van der Waals surface area contributed by atoms with E-state index in [1.807, 2.05) is 18.8 Å². The van der Waals surface area contributed by atoms with Crippen LogP contribution in [0.15, 0.2) is 10.5 Å². The number of Topliss-reactive ketones (excluding diaryl/α,β-unsaturated/α-hetero) is 1. The van der Waals surface area contributed by atoms with E-state index in [4.69, 9.17) is 4.65 Å². The molecule has 1 aliphatic rings. The van der Waals surface area contributed by atoms with Crippen molar-refractivity contribution in [2.24, 2.45) is 5.92 Å². The summed E-state index contributed by atoms with van der Waals surface area (Å²) in [6.45, 7) is 4.05. The van der Waals surface area contributed by atoms with E-state index < -0.39 is 11.9 Å². The molecule has 0 bridgehead atoms. The van der Waals surface area contributed by atoms with Crippen LogP contribution in [-0.4, -0.2) is 37.2 Å². The Hall–Kier alpha value is -0.615. The molecule has 1 aliphatic heterocycles. The van der Waals surface area contributed by atoms with Gasteiger partial charge in [-0.2, -0.15) is 0 Å². The molecule has 4 nitrogen and oxygen atoms in total. The van der Waals surface area contributed by atoms with Crippen molar-refractivity contribution >= 4 is 34.7 Å². The van der Waals surface area contributed by atoms with Crippen LogP contribution in [0.1, 0.15) is 20.3 Å². The molecule has 0 saturated carbocycles. The first kappa shape index (κ1) is 13.4. The maximum atomic E-state index is 11.7. The van der Waals surface area contributed by atoms with Gasteiger partial charge >= 0.3 is 13.0 Å². The molecule has 0 N–H and O–H groups in total. The number of hydrogen-bond acceptors (Lipinski definition) is 4. The Kier molecular flexibility index (Phi) is 4.74. The van der Waals surface area contributed by atoms with Gasteiger partial charge in [0.2, 0.25) is 0 Å². The number of nitrogens with zero attached hydrogens (tertiary/aromatic N) is 1. The number of carbonyl (C=O) groups is 2. The van der Waals surface area contributed by atoms with Crippen molar-refractivity contribution in [3.8, 4) is 0 Å². The van der Waals surface area contributed by atoms with Crippen molar-refractivity contribution in [3.05, 3.63) is 10.5 Å². The molecule has 88 valence electrons. The standard InChI is InChI=1S/C10H15BBrNO3/c1-4-9(14)8-6-13(3)11(7(2)5-12)16-10(8)15/h5,8H,4,6H2,1-3H3/b7-5+. The van der Waals surface area contributed by atoms with Crippen molar-refractivity contribution in [2.45, 2.75) is 20.3 Å². The fourth-order valence-corrected chi connectivity index (χ4v) is 1.94. The molecular formula is C10H15BBrNO3. The second-order valence-corrected chi connectivity index (χ2v) is 4.41. The highest BCUT2D eigenvalue weighted by Gasteiger charge is 2.41. The molecule has 0 amide bonds. The normalized spacial score (nSPS) is 23.2. The lowest BCUT2D eigenvalue weighted by Crippen LogP contribution is -2.53. The van der Waals surface area contributed by atoms with E-state index >= 15 is 0 Å². The highest BCUT2D eigenvalue weighted by atomic mass is 79.9. The van der Waals surface area contributed by atoms with Crippen LogP contribution < -0.4 is 0 Å². The summed E-state index contributed by atoms with van der Waals surface area (Å²) in [4.78, 5) is 26.8. The predicted molar refractivity (Wildman–Crippen MR) is 65.9 cm³/mol. The SMILES string of the molecule is CCC(=O)C1CN(C)B(/C(C)=C/Br)OC1=O. The van der Waals surface area contributed by atoms with Gasteiger partial charge in [-0.15, -0.1) is 0 Å². The quantitative estimate of drug-likeness (QED) is 0.581. The van der Waals surface area contributed by atoms with E-state index in [0.717, 1.165) is 5.47 Å². The monoisotopic (exact) mass is 287 g/mol. The summed E-state index contributed by atoms with van der Waals surface area (Å²) in [5.41, 5.74) is 0.901. The van der Waals surface area contributed by atoms with Gasteiger partial charge in [0.15, 0.2) is 0 Å². The van der Waals surface area contributed by atoms with Gasteiger partial charge in [-0.05, 0) is 24.4 Å². The zero-order valence-electron chi connectivity index (χ0n) is 9.70. The smallest absolute Gasteiger partial charge is 0.483 e. The van der Waals surface area contributed by atoms with Gasteiger partial charge in [-0.25, -0.2) is 0 Å². The molecule has 0 aliphatic carbocycles. The van der Waals surface area contributed by atoms with Crippen LogP contribution in [0.5, 0.6) is 0 Å². The lowest BCUT2D eigenvalue weighted by atomic mass is 9.70. The van der Waals surface area contributed by atoms with Gasteiger partial charge in [0, 0.05) is 13.0 Å². The molecule has 1 unspecified atom stereocenters. The number of halogens is 1. The number of rotatable bonds is 3. The average molecular weight is 288 g/mol. The molecule has 1 rings (SSSR count). The minimum Gasteiger partial charge on any atom is -0.515 e. The second-order valence-electron chi connectivity index (χ2n) is 3.95. The van der Waals surface area contributed by atoms with Crippen molar-refractivity contribution in [2.75, 3.05) is 13.6 Å². The first-order valence-electron chi connectivity index (χ1n) is 5.21. The van der Waals surface area contributed by atoms with Crippen LogP contribution in [0.2, 0.25) is 0 Å². The number of carbonyl (C=O) groups excluding carboxylic acids is 2.